The van der Waals surface area contributed by atoms with E-state index >= 15 is 0 Å². The topological polar surface area (TPSA) is 27.3 Å². The number of ether oxygens (including phenoxy) is 1. The van der Waals surface area contributed by atoms with E-state index in [0.29, 0.717) is 0 Å². The van der Waals surface area contributed by atoms with Crippen LogP contribution in [0.4, 0.5) is 0 Å². The van der Waals surface area contributed by atoms with Crippen LogP contribution in [0.25, 0.3) is 49.4 Å². The molecule has 7 aromatic rings. The van der Waals surface area contributed by atoms with Crippen LogP contribution in [0.1, 0.15) is 0 Å². The minimum Gasteiger partial charge on any atom is -0.458 e. The molecular weight excluding hydrogens is 417 g/mol. The second-order valence-corrected chi connectivity index (χ2v) is 9.28. The van der Waals surface area contributed by atoms with E-state index in [-0.39, 0.29) is 6.71 Å². The number of nitrogens with zero attached hydrogens (tertiary/aromatic N) is 1. The van der Waals surface area contributed by atoms with Gasteiger partial charge in [0.1, 0.15) is 22.7 Å². The highest BCUT2D eigenvalue weighted by Gasteiger charge is 2.40. The summed E-state index contributed by atoms with van der Waals surface area (Å²) in [6, 6.07) is 34.3. The molecule has 9 rings (SSSR count). The smallest absolute Gasteiger partial charge is 0.256 e. The summed E-state index contributed by atoms with van der Waals surface area (Å²) in [5.74, 6) is 1.86. The number of benzene rings is 5. The third kappa shape index (κ3) is 1.85. The molecular formula is C30H16BNO2. The Labute approximate surface area is 194 Å². The highest BCUT2D eigenvalue weighted by molar-refractivity contribution is 6.99. The van der Waals surface area contributed by atoms with Gasteiger partial charge in [0, 0.05) is 27.2 Å². The Morgan fingerprint density at radius 2 is 1.41 bits per heavy atom. The van der Waals surface area contributed by atoms with Gasteiger partial charge in [0.15, 0.2) is 0 Å². The molecule has 34 heavy (non-hydrogen) atoms. The van der Waals surface area contributed by atoms with Crippen molar-refractivity contribution >= 4 is 66.8 Å². The van der Waals surface area contributed by atoms with Gasteiger partial charge in [-0.2, -0.15) is 0 Å². The number of furan rings is 1. The number of para-hydroxylation sites is 3. The number of fused-ring (bicyclic) bond motifs is 11. The number of hydrogen-bond acceptors (Lipinski definition) is 2. The molecule has 0 fully saturated rings. The molecule has 0 spiro atoms. The first-order chi connectivity index (χ1) is 16.9. The van der Waals surface area contributed by atoms with Gasteiger partial charge in [0.05, 0.1) is 11.0 Å². The van der Waals surface area contributed by atoms with Gasteiger partial charge in [0.25, 0.3) is 6.71 Å². The maximum absolute atomic E-state index is 6.46. The second kappa shape index (κ2) is 5.73. The van der Waals surface area contributed by atoms with Crippen LogP contribution in [0.3, 0.4) is 0 Å². The molecule has 0 aliphatic carbocycles. The van der Waals surface area contributed by atoms with Gasteiger partial charge in [-0.1, -0.05) is 60.7 Å². The molecule has 0 N–H and O–H groups in total. The van der Waals surface area contributed by atoms with Crippen molar-refractivity contribution in [2.24, 2.45) is 0 Å². The summed E-state index contributed by atoms with van der Waals surface area (Å²) in [4.78, 5) is 0. The molecule has 0 amide bonds. The van der Waals surface area contributed by atoms with Crippen LogP contribution in [0.5, 0.6) is 11.5 Å². The van der Waals surface area contributed by atoms with Crippen molar-refractivity contribution in [3.63, 3.8) is 0 Å². The van der Waals surface area contributed by atoms with Crippen molar-refractivity contribution in [3.05, 3.63) is 97.1 Å². The Morgan fingerprint density at radius 3 is 2.38 bits per heavy atom. The molecule has 0 bridgehead atoms. The Bertz CT molecular complexity index is 2010. The van der Waals surface area contributed by atoms with E-state index in [2.05, 4.69) is 89.5 Å². The maximum atomic E-state index is 6.46. The minimum atomic E-state index is 0.0908. The van der Waals surface area contributed by atoms with Crippen LogP contribution in [-0.4, -0.2) is 11.3 Å². The van der Waals surface area contributed by atoms with E-state index in [0.717, 1.165) is 22.7 Å². The van der Waals surface area contributed by atoms with Gasteiger partial charge in [0.2, 0.25) is 0 Å². The fraction of sp³-hybridized carbons (Fsp3) is 0. The molecule has 2 aliphatic heterocycles. The molecule has 4 heteroatoms. The number of hydrogen-bond donors (Lipinski definition) is 0. The predicted molar refractivity (Wildman–Crippen MR) is 139 cm³/mol. The lowest BCUT2D eigenvalue weighted by Gasteiger charge is -2.33. The fourth-order valence-corrected chi connectivity index (χ4v) is 6.39. The molecule has 0 atom stereocenters. The third-order valence-corrected chi connectivity index (χ3v) is 7.64. The van der Waals surface area contributed by atoms with E-state index in [1.54, 1.807) is 0 Å². The van der Waals surface area contributed by atoms with E-state index < -0.39 is 0 Å². The van der Waals surface area contributed by atoms with Gasteiger partial charge in [-0.05, 0) is 52.8 Å². The third-order valence-electron chi connectivity index (χ3n) is 7.64. The van der Waals surface area contributed by atoms with Gasteiger partial charge in [-0.3, -0.25) is 0 Å². The lowest BCUT2D eigenvalue weighted by Crippen LogP contribution is -2.58. The van der Waals surface area contributed by atoms with Crippen LogP contribution < -0.4 is 21.1 Å². The maximum Gasteiger partial charge on any atom is 0.256 e. The van der Waals surface area contributed by atoms with Crippen molar-refractivity contribution in [2.45, 2.75) is 0 Å². The normalized spacial score (nSPS) is 13.5. The summed E-state index contributed by atoms with van der Waals surface area (Å²) in [6.07, 6.45) is 0. The Hall–Kier alpha value is -4.44. The summed E-state index contributed by atoms with van der Waals surface area (Å²) in [6.45, 7) is 0.0908. The monoisotopic (exact) mass is 433 g/mol. The highest BCUT2D eigenvalue weighted by Crippen LogP contribution is 2.42. The van der Waals surface area contributed by atoms with Crippen LogP contribution in [0.15, 0.2) is 101 Å². The molecule has 0 unspecified atom stereocenters. The molecule has 156 valence electrons. The fourth-order valence-electron chi connectivity index (χ4n) is 6.39. The van der Waals surface area contributed by atoms with Gasteiger partial charge in [-0.25, -0.2) is 0 Å². The van der Waals surface area contributed by atoms with Crippen LogP contribution in [0, 0.1) is 0 Å². The van der Waals surface area contributed by atoms with Gasteiger partial charge < -0.3 is 13.7 Å². The molecule has 2 aromatic heterocycles. The molecule has 5 aromatic carbocycles. The lowest BCUT2D eigenvalue weighted by atomic mass is 9.34. The first kappa shape index (κ1) is 17.1. The van der Waals surface area contributed by atoms with Crippen molar-refractivity contribution in [1.29, 1.82) is 0 Å². The molecule has 0 radical (unpaired) electrons. The van der Waals surface area contributed by atoms with E-state index in [4.69, 9.17) is 9.15 Å². The lowest BCUT2D eigenvalue weighted by molar-refractivity contribution is 0.487. The largest absolute Gasteiger partial charge is 0.458 e. The SMILES string of the molecule is c1ccc2c(c1)Oc1cccc3c1B2c1cc2oc4ccccc4c2c2c4ccccc4n-3c12. The molecule has 3 nitrogen and oxygen atoms in total. The standard InChI is InChI=1S/C30H16BNO2/c1-4-11-21-17(8-1)28-27-18-9-2-5-13-23(18)33-26(27)16-20-30(28)32(21)22-12-7-15-25-29(22)31(20)19-10-3-6-14-24(19)34-25/h1-16H. The quantitative estimate of drug-likeness (QED) is 0.291. The summed E-state index contributed by atoms with van der Waals surface area (Å²) in [7, 11) is 0. The number of rotatable bonds is 0. The Kier molecular flexibility index (Phi) is 2.88. The first-order valence-electron chi connectivity index (χ1n) is 11.7. The second-order valence-electron chi connectivity index (χ2n) is 9.28. The van der Waals surface area contributed by atoms with Crippen molar-refractivity contribution in [1.82, 2.24) is 4.57 Å². The summed E-state index contributed by atoms with van der Waals surface area (Å²) >= 11 is 0. The Balaban J connectivity index is 1.60. The van der Waals surface area contributed by atoms with Crippen molar-refractivity contribution < 1.29 is 9.15 Å². The molecule has 2 aliphatic rings. The summed E-state index contributed by atoms with van der Waals surface area (Å²) < 4.78 is 15.3. The van der Waals surface area contributed by atoms with Crippen LogP contribution >= 0.6 is 0 Å². The zero-order valence-corrected chi connectivity index (χ0v) is 18.1. The highest BCUT2D eigenvalue weighted by atomic mass is 16.5. The summed E-state index contributed by atoms with van der Waals surface area (Å²) in [5.41, 5.74) is 9.25. The summed E-state index contributed by atoms with van der Waals surface area (Å²) in [5, 5.41) is 4.89. The van der Waals surface area contributed by atoms with E-state index in [9.17, 15) is 0 Å². The zero-order chi connectivity index (χ0) is 22.0. The van der Waals surface area contributed by atoms with Gasteiger partial charge in [-0.15, -0.1) is 0 Å². The van der Waals surface area contributed by atoms with Crippen molar-refractivity contribution in [3.8, 4) is 17.2 Å². The molecule has 0 saturated carbocycles. The first-order valence-corrected chi connectivity index (χ1v) is 11.7. The van der Waals surface area contributed by atoms with E-state index in [1.165, 1.54) is 54.7 Å². The van der Waals surface area contributed by atoms with Crippen LogP contribution in [0.2, 0.25) is 0 Å². The predicted octanol–water partition coefficient (Wildman–Crippen LogP) is 5.62. The Morgan fingerprint density at radius 1 is 0.618 bits per heavy atom. The average Bonchev–Trinajstić information content (AvgIpc) is 3.42. The average molecular weight is 433 g/mol. The van der Waals surface area contributed by atoms with E-state index in [1.807, 2.05) is 12.1 Å². The molecule has 0 saturated heterocycles. The van der Waals surface area contributed by atoms with Crippen LogP contribution in [-0.2, 0) is 0 Å². The van der Waals surface area contributed by atoms with Gasteiger partial charge >= 0.3 is 0 Å². The minimum absolute atomic E-state index is 0.0908. The molecule has 4 heterocycles. The zero-order valence-electron chi connectivity index (χ0n) is 18.1. The number of aromatic nitrogens is 1. The van der Waals surface area contributed by atoms with Crippen molar-refractivity contribution in [2.75, 3.05) is 0 Å².